The first-order valence-corrected chi connectivity index (χ1v) is 5.96. The molecular formula is C11H10FIN4. The SMILES string of the molecule is NNC(c1cncnc1)c1ccc(F)cc1I. The lowest BCUT2D eigenvalue weighted by Gasteiger charge is -2.17. The van der Waals surface area contributed by atoms with E-state index < -0.39 is 0 Å². The molecule has 2 aromatic rings. The number of nitrogens with zero attached hydrogens (tertiary/aromatic N) is 2. The maximum absolute atomic E-state index is 13.0. The molecular weight excluding hydrogens is 334 g/mol. The van der Waals surface area contributed by atoms with Crippen LogP contribution in [0.3, 0.4) is 0 Å². The lowest BCUT2D eigenvalue weighted by Crippen LogP contribution is -2.29. The molecule has 0 amide bonds. The van der Waals surface area contributed by atoms with Gasteiger partial charge >= 0.3 is 0 Å². The molecule has 0 aliphatic carbocycles. The predicted molar refractivity (Wildman–Crippen MR) is 70.3 cm³/mol. The van der Waals surface area contributed by atoms with Gasteiger partial charge in [0, 0.05) is 21.5 Å². The quantitative estimate of drug-likeness (QED) is 0.506. The summed E-state index contributed by atoms with van der Waals surface area (Å²) < 4.78 is 13.8. The number of benzene rings is 1. The number of halogens is 2. The Morgan fingerprint density at radius 3 is 2.59 bits per heavy atom. The summed E-state index contributed by atoms with van der Waals surface area (Å²) in [4.78, 5) is 7.89. The van der Waals surface area contributed by atoms with Gasteiger partial charge in [-0.3, -0.25) is 5.84 Å². The van der Waals surface area contributed by atoms with Crippen molar-refractivity contribution in [2.24, 2.45) is 5.84 Å². The lowest BCUT2D eigenvalue weighted by molar-refractivity contribution is 0.610. The van der Waals surface area contributed by atoms with Crippen LogP contribution in [0.1, 0.15) is 17.2 Å². The molecule has 17 heavy (non-hydrogen) atoms. The minimum Gasteiger partial charge on any atom is -0.271 e. The van der Waals surface area contributed by atoms with Gasteiger partial charge in [-0.15, -0.1) is 0 Å². The van der Waals surface area contributed by atoms with Crippen LogP contribution >= 0.6 is 22.6 Å². The van der Waals surface area contributed by atoms with Crippen LogP contribution in [0.5, 0.6) is 0 Å². The Morgan fingerprint density at radius 1 is 1.29 bits per heavy atom. The normalized spacial score (nSPS) is 12.4. The number of hydrazine groups is 1. The van der Waals surface area contributed by atoms with Crippen molar-refractivity contribution in [3.63, 3.8) is 0 Å². The summed E-state index contributed by atoms with van der Waals surface area (Å²) in [5.74, 6) is 5.28. The summed E-state index contributed by atoms with van der Waals surface area (Å²) in [6.07, 6.45) is 4.81. The zero-order valence-corrected chi connectivity index (χ0v) is 10.9. The van der Waals surface area contributed by atoms with Gasteiger partial charge in [0.05, 0.1) is 6.04 Å². The summed E-state index contributed by atoms with van der Waals surface area (Å²) in [5.41, 5.74) is 4.41. The Balaban J connectivity index is 2.42. The minimum atomic E-state index is -0.266. The largest absolute Gasteiger partial charge is 0.271 e. The van der Waals surface area contributed by atoms with Crippen molar-refractivity contribution in [1.82, 2.24) is 15.4 Å². The fourth-order valence-electron chi connectivity index (χ4n) is 1.56. The molecule has 4 nitrogen and oxygen atoms in total. The molecule has 0 bridgehead atoms. The van der Waals surface area contributed by atoms with Gasteiger partial charge in [-0.1, -0.05) is 6.07 Å². The van der Waals surface area contributed by atoms with E-state index in [1.165, 1.54) is 18.5 Å². The van der Waals surface area contributed by atoms with Crippen LogP contribution in [0.2, 0.25) is 0 Å². The topological polar surface area (TPSA) is 63.8 Å². The van der Waals surface area contributed by atoms with E-state index in [9.17, 15) is 4.39 Å². The molecule has 1 unspecified atom stereocenters. The molecule has 88 valence electrons. The molecule has 0 saturated carbocycles. The molecule has 0 radical (unpaired) electrons. The third-order valence-corrected chi connectivity index (χ3v) is 3.29. The van der Waals surface area contributed by atoms with Crippen molar-refractivity contribution in [1.29, 1.82) is 0 Å². The maximum Gasteiger partial charge on any atom is 0.124 e. The lowest BCUT2D eigenvalue weighted by atomic mass is 10.0. The number of aromatic nitrogens is 2. The van der Waals surface area contributed by atoms with Crippen molar-refractivity contribution >= 4 is 22.6 Å². The number of nitrogens with one attached hydrogen (secondary N) is 1. The Kier molecular flexibility index (Phi) is 3.97. The van der Waals surface area contributed by atoms with Gasteiger partial charge in [-0.05, 0) is 40.3 Å². The molecule has 1 aromatic heterocycles. The number of hydrogen-bond acceptors (Lipinski definition) is 4. The average Bonchev–Trinajstić information content (AvgIpc) is 2.34. The highest BCUT2D eigenvalue weighted by molar-refractivity contribution is 14.1. The molecule has 0 aliphatic rings. The molecule has 0 fully saturated rings. The summed E-state index contributed by atoms with van der Waals surface area (Å²) in [6.45, 7) is 0. The Labute approximate surface area is 112 Å². The monoisotopic (exact) mass is 344 g/mol. The van der Waals surface area contributed by atoms with E-state index in [2.05, 4.69) is 38.0 Å². The van der Waals surface area contributed by atoms with Gasteiger partial charge in [-0.2, -0.15) is 0 Å². The van der Waals surface area contributed by atoms with Crippen LogP contribution in [0.25, 0.3) is 0 Å². The first-order chi connectivity index (χ1) is 8.22. The first kappa shape index (κ1) is 12.3. The number of nitrogens with two attached hydrogens (primary N) is 1. The molecule has 0 spiro atoms. The Hall–Kier alpha value is -1.12. The summed E-state index contributed by atoms with van der Waals surface area (Å²) in [7, 11) is 0. The van der Waals surface area contributed by atoms with Crippen molar-refractivity contribution in [2.75, 3.05) is 0 Å². The van der Waals surface area contributed by atoms with E-state index in [-0.39, 0.29) is 11.9 Å². The zero-order valence-electron chi connectivity index (χ0n) is 8.77. The first-order valence-electron chi connectivity index (χ1n) is 4.88. The van der Waals surface area contributed by atoms with Gasteiger partial charge < -0.3 is 0 Å². The second kappa shape index (κ2) is 5.48. The van der Waals surface area contributed by atoms with E-state index in [4.69, 9.17) is 5.84 Å². The van der Waals surface area contributed by atoms with Gasteiger partial charge in [0.2, 0.25) is 0 Å². The van der Waals surface area contributed by atoms with Crippen LogP contribution in [0.15, 0.2) is 36.9 Å². The highest BCUT2D eigenvalue weighted by atomic mass is 127. The summed E-state index contributed by atoms with van der Waals surface area (Å²) in [5, 5.41) is 0. The van der Waals surface area contributed by atoms with Crippen molar-refractivity contribution in [2.45, 2.75) is 6.04 Å². The molecule has 2 rings (SSSR count). The third kappa shape index (κ3) is 2.76. The highest BCUT2D eigenvalue weighted by Gasteiger charge is 2.16. The fraction of sp³-hybridized carbons (Fsp3) is 0.0909. The summed E-state index contributed by atoms with van der Waals surface area (Å²) in [6, 6.07) is 4.33. The van der Waals surface area contributed by atoms with Gasteiger partial charge in [0.15, 0.2) is 0 Å². The molecule has 6 heteroatoms. The van der Waals surface area contributed by atoms with Crippen LogP contribution in [0.4, 0.5) is 4.39 Å². The van der Waals surface area contributed by atoms with E-state index in [0.717, 1.165) is 14.7 Å². The molecule has 1 heterocycles. The fourth-order valence-corrected chi connectivity index (χ4v) is 2.35. The van der Waals surface area contributed by atoms with Crippen LogP contribution < -0.4 is 11.3 Å². The van der Waals surface area contributed by atoms with Gasteiger partial charge in [0.1, 0.15) is 12.1 Å². The van der Waals surface area contributed by atoms with Crippen LogP contribution in [-0.2, 0) is 0 Å². The maximum atomic E-state index is 13.0. The van der Waals surface area contributed by atoms with E-state index >= 15 is 0 Å². The zero-order chi connectivity index (χ0) is 12.3. The second-order valence-electron chi connectivity index (χ2n) is 3.44. The summed E-state index contributed by atoms with van der Waals surface area (Å²) >= 11 is 2.07. The minimum absolute atomic E-state index is 0.247. The molecule has 1 aromatic carbocycles. The smallest absolute Gasteiger partial charge is 0.124 e. The van der Waals surface area contributed by atoms with Crippen molar-refractivity contribution in [3.8, 4) is 0 Å². The van der Waals surface area contributed by atoms with Crippen LogP contribution in [-0.4, -0.2) is 9.97 Å². The molecule has 0 saturated heterocycles. The van der Waals surface area contributed by atoms with Gasteiger partial charge in [-0.25, -0.2) is 19.8 Å². The van der Waals surface area contributed by atoms with E-state index in [0.29, 0.717) is 0 Å². The average molecular weight is 344 g/mol. The highest BCUT2D eigenvalue weighted by Crippen LogP contribution is 2.25. The predicted octanol–water partition coefficient (Wildman–Crippen LogP) is 1.77. The second-order valence-corrected chi connectivity index (χ2v) is 4.60. The number of hydrogen-bond donors (Lipinski definition) is 2. The van der Waals surface area contributed by atoms with Crippen molar-refractivity contribution in [3.05, 3.63) is 57.4 Å². The molecule has 1 atom stereocenters. The van der Waals surface area contributed by atoms with E-state index in [1.54, 1.807) is 18.5 Å². The van der Waals surface area contributed by atoms with Crippen molar-refractivity contribution < 1.29 is 4.39 Å². The molecule has 0 aliphatic heterocycles. The third-order valence-electron chi connectivity index (χ3n) is 2.35. The Morgan fingerprint density at radius 2 is 2.00 bits per heavy atom. The standard InChI is InChI=1S/C11H10FIN4/c12-8-1-2-9(10(13)3-8)11(17-14)7-4-15-6-16-5-7/h1-6,11,17H,14H2. The Bertz CT molecular complexity index is 506. The van der Waals surface area contributed by atoms with Gasteiger partial charge in [0.25, 0.3) is 0 Å². The number of rotatable bonds is 3. The van der Waals surface area contributed by atoms with Crippen LogP contribution in [0, 0.1) is 9.39 Å². The molecule has 3 N–H and O–H groups in total. The van der Waals surface area contributed by atoms with E-state index in [1.807, 2.05) is 0 Å².